The van der Waals surface area contributed by atoms with Crippen LogP contribution in [0.4, 0.5) is 24.3 Å². The molecule has 23 heteroatoms. The average molecular weight is 2270 g/mol. The molecule has 0 saturated carbocycles. The number of hydrogen-bond donors (Lipinski definition) is 0. The summed E-state index contributed by atoms with van der Waals surface area (Å²) >= 11 is 0.00912. The van der Waals surface area contributed by atoms with E-state index in [4.69, 9.17) is 52.9 Å². The van der Waals surface area contributed by atoms with Crippen LogP contribution in [0, 0.1) is 30.8 Å². The van der Waals surface area contributed by atoms with E-state index in [0.29, 0.717) is 0 Å². The molecule has 12 aromatic rings. The predicted molar refractivity (Wildman–Crippen MR) is 604 cm³/mol. The first-order chi connectivity index (χ1) is 64.5. The Balaban J connectivity index is 0.000000407. The van der Waals surface area contributed by atoms with Crippen LogP contribution in [0.25, 0.3) is 16.3 Å². The molecule has 3 aliphatic rings. The number of rotatable bonds is 21. The van der Waals surface area contributed by atoms with Gasteiger partial charge in [-0.15, -0.1) is 5.41 Å². The third-order valence-corrected chi connectivity index (χ3v) is 37.0. The third kappa shape index (κ3) is 43.4. The molecule has 1 saturated heterocycles. The predicted octanol–water partition coefficient (Wildman–Crippen LogP) is 26.5. The maximum Gasteiger partial charge on any atom is 1.00 e. The minimum absolute atomic E-state index is 0. The summed E-state index contributed by atoms with van der Waals surface area (Å²) in [6.07, 6.45) is 15.6. The van der Waals surface area contributed by atoms with Crippen LogP contribution >= 0.6 is 64.7 Å². The summed E-state index contributed by atoms with van der Waals surface area (Å²) in [4.78, 5) is 2.55. The molecule has 0 aromatic heterocycles. The van der Waals surface area contributed by atoms with Gasteiger partial charge < -0.3 is 19.0 Å². The Morgan fingerprint density at radius 2 is 0.820 bits per heavy atom. The Morgan fingerprint density at radius 1 is 0.496 bits per heavy atom. The van der Waals surface area contributed by atoms with Gasteiger partial charge in [0.1, 0.15) is 37.6 Å². The van der Waals surface area contributed by atoms with Crippen molar-refractivity contribution in [1.82, 2.24) is 0 Å². The van der Waals surface area contributed by atoms with Crippen LogP contribution in [0.5, 0.6) is 11.5 Å². The van der Waals surface area contributed by atoms with Crippen molar-refractivity contribution in [3.8, 4) is 11.5 Å². The van der Waals surface area contributed by atoms with Gasteiger partial charge in [0.05, 0.1) is 35.3 Å². The topological polar surface area (TPSA) is 38.8 Å². The molecule has 1 unspecified atom stereocenters. The zero-order chi connectivity index (χ0) is 100. The number of halogens is 9. The van der Waals surface area contributed by atoms with E-state index in [1.165, 1.54) is 94.1 Å². The van der Waals surface area contributed by atoms with Gasteiger partial charge in [0.25, 0.3) is 0 Å². The molecular formula is C116H146BCl5CuF4LiN3O2P2Ru2Si2+4. The summed E-state index contributed by atoms with van der Waals surface area (Å²) in [6.45, 7) is 57.4. The maximum atomic E-state index is 9.67. The first kappa shape index (κ1) is 127. The number of para-hydroxylation sites is 4. The van der Waals surface area contributed by atoms with Crippen molar-refractivity contribution in [1.29, 1.82) is 0 Å². The Kier molecular flexibility index (Phi) is 58.1. The fourth-order valence-electron chi connectivity index (χ4n) is 17.0. The van der Waals surface area contributed by atoms with E-state index >= 15 is 0 Å². The van der Waals surface area contributed by atoms with Crippen LogP contribution in [-0.2, 0) is 67.8 Å². The Bertz CT molecular complexity index is 5350. The zero-order valence-electron chi connectivity index (χ0n) is 84.5. The van der Waals surface area contributed by atoms with Gasteiger partial charge in [0.15, 0.2) is 25.4 Å². The summed E-state index contributed by atoms with van der Waals surface area (Å²) in [5.74, 6) is 1.80. The van der Waals surface area contributed by atoms with E-state index in [1.54, 1.807) is 0 Å². The minimum Gasteiger partial charge on any atom is -1.00 e. The Labute approximate surface area is 890 Å². The molecule has 1 aliphatic carbocycles. The largest absolute Gasteiger partial charge is 1.00 e. The number of aryl methyl sites for hydroxylation is 4. The summed E-state index contributed by atoms with van der Waals surface area (Å²) in [6, 6.07) is 113. The molecule has 0 radical (unpaired) electrons. The number of nitrogens with zero attached hydrogens (tertiary/aromatic N) is 3. The molecule has 0 N–H and O–H groups in total. The summed E-state index contributed by atoms with van der Waals surface area (Å²) in [5, 5.41) is 8.61. The van der Waals surface area contributed by atoms with E-state index in [-0.39, 0.29) is 65.1 Å². The van der Waals surface area contributed by atoms with Crippen LogP contribution in [0.1, 0.15) is 181 Å². The molecule has 2 heterocycles. The van der Waals surface area contributed by atoms with Gasteiger partial charge in [0.2, 0.25) is 5.69 Å². The molecule has 0 spiro atoms. The second kappa shape index (κ2) is 63.7. The van der Waals surface area contributed by atoms with E-state index in [0.717, 1.165) is 58.8 Å². The molecule has 0 amide bonds. The summed E-state index contributed by atoms with van der Waals surface area (Å²) < 4.78 is 50.5. The quantitative estimate of drug-likeness (QED) is 0.0237. The van der Waals surface area contributed by atoms with Crippen molar-refractivity contribution in [3.63, 3.8) is 0 Å². The standard InChI is InChI=1S/C18H28N.C18H27N.2C18H15P.C15H10.C12H16O.C10H12O.C6H17NSi2.CH4.BF3.5ClH.Cu.FH.Li.2Ru/c2*1-7-14-10-9-11-15(8-2)16(14)19-13-17(3,4)12-18(19,5)6;2*1-4-10-16(11-5-1)19(17-12-6-2-7-13-17)18-14-8-3-9-15-18;1-2-6-12(7-3-1)15-11-10-13-8-4-5-9-14(13)15;1-4-7-11-8-5-6-9-12(11)13-10(2)3;1-8(2)11-10-7-5-4-6-9(10)3;1-8(2,3)7-9(4,5)6;;2-1(3)4;;;;;;;;;;/h9-11,13H,7-8,12H2,1-6H3;9-11,13H,3,7-8,12H2,1-2,4-6H3;2*1-15H;1-9,11H;4-10H,1-3H3;3-8H,1-2H3;1H2,2-6H3;1H4;;5*1H;;1H;;;/q-1;+2;;;;;;;;;;;;;;+2;;+1;2*+2/p-4/b;;;;;7-4+;;;;;;;;;;;;;;. The van der Waals surface area contributed by atoms with Crippen LogP contribution in [0.3, 0.4) is 0 Å². The van der Waals surface area contributed by atoms with Crippen molar-refractivity contribution in [3.05, 3.63) is 408 Å². The van der Waals surface area contributed by atoms with Gasteiger partial charge in [-0.1, -0.05) is 259 Å². The SMILES string of the molecule is C.C/C=C/c1ccccc1OC(C)C.CC(C)Oc1ccccc1[CH]=[Ru]([Cl])[Cl].CCc1cccc(CC)c1N1[CH-]C(C)(C)CC1(C)C.FB(F)F.[CH2+]C1(C)C=[N+](c2c(CC)cccc2CC)C(C)(C)C1.[CH2+][Si](C)(C)[N-][Si](C)(C)C.[Cl][Cu+].[Cl][Ru]([Cl])=[C]1C=C(c2ccccc2)c2ccccc21.[F-].[Li+].c1ccc([PH+](c2ccccc2)c2ccccc2)cc1.c1ccc([PH+](c2ccccc2)c2ccccc2)cc1. The van der Waals surface area contributed by atoms with E-state index in [9.17, 15) is 12.9 Å². The van der Waals surface area contributed by atoms with Crippen LogP contribution in [0.15, 0.2) is 334 Å². The number of ether oxygens (including phenoxy) is 2. The summed E-state index contributed by atoms with van der Waals surface area (Å²) in [5.41, 5.74) is 16.4. The van der Waals surface area contributed by atoms with Crippen LogP contribution in [-0.4, -0.2) is 66.8 Å². The van der Waals surface area contributed by atoms with Gasteiger partial charge in [-0.05, 0) is 177 Å². The fourth-order valence-corrected chi connectivity index (χ4v) is 33.7. The molecule has 745 valence electrons. The van der Waals surface area contributed by atoms with Crippen molar-refractivity contribution >= 4 is 159 Å². The molecule has 1 atom stereocenters. The Morgan fingerprint density at radius 3 is 1.12 bits per heavy atom. The van der Waals surface area contributed by atoms with E-state index in [2.05, 4.69) is 437 Å². The molecule has 15 rings (SSSR count). The van der Waals surface area contributed by atoms with Gasteiger partial charge >= 0.3 is 269 Å². The second-order valence-electron chi connectivity index (χ2n) is 37.4. The molecule has 12 aromatic carbocycles. The zero-order valence-corrected chi connectivity index (χ0v) is 96.7. The van der Waals surface area contributed by atoms with Gasteiger partial charge in [-0.2, -0.15) is 4.58 Å². The second-order valence-corrected chi connectivity index (χ2v) is 62.7. The number of allylic oxidation sites excluding steroid dienone is 2. The van der Waals surface area contributed by atoms with Crippen molar-refractivity contribution in [2.24, 2.45) is 10.8 Å². The van der Waals surface area contributed by atoms with Gasteiger partial charge in [-0.3, -0.25) is 12.9 Å². The van der Waals surface area contributed by atoms with Crippen molar-refractivity contribution in [2.45, 2.75) is 213 Å². The van der Waals surface area contributed by atoms with Gasteiger partial charge in [-0.25, -0.2) is 6.54 Å². The summed E-state index contributed by atoms with van der Waals surface area (Å²) in [7, 11) is 20.3. The number of anilines is 1. The smallest absolute Gasteiger partial charge is 1.00 e. The Hall–Kier alpha value is -6.48. The first-order valence-corrected chi connectivity index (χ1v) is 68.1. The molecule has 1 fully saturated rings. The monoisotopic (exact) mass is 2270 g/mol. The molecule has 0 bridgehead atoms. The normalized spacial score (nSPS) is 14.4. The molecule has 139 heavy (non-hydrogen) atoms. The number of benzene rings is 12. The van der Waals surface area contributed by atoms with Crippen molar-refractivity contribution < 1.29 is 92.7 Å². The van der Waals surface area contributed by atoms with E-state index in [1.807, 2.05) is 112 Å². The number of hydrogen-bond acceptors (Lipinski definition) is 3. The van der Waals surface area contributed by atoms with Crippen molar-refractivity contribution in [2.75, 3.05) is 4.90 Å². The first-order valence-electron chi connectivity index (χ1n) is 46.3. The van der Waals surface area contributed by atoms with Crippen LogP contribution in [0.2, 0.25) is 32.7 Å². The number of fused-ring (bicyclic) bond motifs is 1. The van der Waals surface area contributed by atoms with Gasteiger partial charge in [0, 0.05) is 41.8 Å². The minimum atomic E-state index is -3.67. The fraction of sp³-hybridized carbons (Fsp3) is 0.293. The maximum absolute atomic E-state index is 9.67. The average Bonchev–Trinajstić information content (AvgIpc) is 1.62. The van der Waals surface area contributed by atoms with E-state index < -0.39 is 66.9 Å². The molecule has 5 nitrogen and oxygen atoms in total. The third-order valence-electron chi connectivity index (χ3n) is 21.4. The molecular weight excluding hydrogens is 2120 g/mol. The molecule has 2 aliphatic heterocycles. The van der Waals surface area contributed by atoms with Crippen LogP contribution < -0.4 is 69.8 Å².